The van der Waals surface area contributed by atoms with Crippen LogP contribution in [0.15, 0.2) is 0 Å². The highest BCUT2D eigenvalue weighted by atomic mass is 16.7. The number of hydrogen-bond donors (Lipinski definition) is 0. The molecule has 1 saturated heterocycles. The van der Waals surface area contributed by atoms with E-state index in [2.05, 4.69) is 23.9 Å². The molecular formula is C11H24N2O2. The quantitative estimate of drug-likeness (QED) is 0.629. The summed E-state index contributed by atoms with van der Waals surface area (Å²) in [4.78, 5) is 4.74. The minimum absolute atomic E-state index is 0.0825. The van der Waals surface area contributed by atoms with Gasteiger partial charge in [0.2, 0.25) is 0 Å². The second-order valence-corrected chi connectivity index (χ2v) is 4.40. The molecule has 1 aliphatic rings. The van der Waals surface area contributed by atoms with Gasteiger partial charge in [0.05, 0.1) is 0 Å². The van der Waals surface area contributed by atoms with Gasteiger partial charge in [0.25, 0.3) is 0 Å². The van der Waals surface area contributed by atoms with Gasteiger partial charge in [-0.05, 0) is 40.0 Å². The van der Waals surface area contributed by atoms with E-state index in [1.165, 1.54) is 12.8 Å². The van der Waals surface area contributed by atoms with Gasteiger partial charge < -0.3 is 14.4 Å². The fraction of sp³-hybridized carbons (Fsp3) is 1.00. The van der Waals surface area contributed by atoms with E-state index in [0.717, 1.165) is 25.7 Å². The number of rotatable bonds is 5. The summed E-state index contributed by atoms with van der Waals surface area (Å²) < 4.78 is 10.4. The average Bonchev–Trinajstić information content (AvgIpc) is 2.26. The van der Waals surface area contributed by atoms with Crippen molar-refractivity contribution in [3.05, 3.63) is 0 Å². The predicted octanol–water partition coefficient (Wildman–Crippen LogP) is 0.631. The van der Waals surface area contributed by atoms with Crippen LogP contribution in [-0.2, 0) is 9.47 Å². The summed E-state index contributed by atoms with van der Waals surface area (Å²) in [7, 11) is 7.71. The number of piperidine rings is 1. The molecule has 0 aromatic heterocycles. The van der Waals surface area contributed by atoms with Crippen LogP contribution < -0.4 is 0 Å². The number of hydrogen-bond acceptors (Lipinski definition) is 4. The molecule has 1 heterocycles. The summed E-state index contributed by atoms with van der Waals surface area (Å²) in [5.74, 6) is 0. The highest BCUT2D eigenvalue weighted by molar-refractivity contribution is 4.77. The zero-order valence-electron chi connectivity index (χ0n) is 10.4. The number of nitrogens with zero attached hydrogens (tertiary/aromatic N) is 2. The van der Waals surface area contributed by atoms with E-state index in [4.69, 9.17) is 9.47 Å². The molecular weight excluding hydrogens is 192 g/mol. The van der Waals surface area contributed by atoms with Gasteiger partial charge >= 0.3 is 0 Å². The van der Waals surface area contributed by atoms with Crippen LogP contribution in [0, 0.1) is 0 Å². The number of likely N-dealkylation sites (tertiary alicyclic amines) is 1. The van der Waals surface area contributed by atoms with Crippen LogP contribution in [-0.4, -0.2) is 70.1 Å². The van der Waals surface area contributed by atoms with Crippen molar-refractivity contribution in [3.8, 4) is 0 Å². The van der Waals surface area contributed by atoms with Crippen molar-refractivity contribution in [2.24, 2.45) is 0 Å². The second kappa shape index (κ2) is 6.43. The van der Waals surface area contributed by atoms with Crippen LogP contribution in [0.1, 0.15) is 12.8 Å². The van der Waals surface area contributed by atoms with E-state index in [0.29, 0.717) is 0 Å². The first kappa shape index (κ1) is 12.9. The Morgan fingerprint density at radius 1 is 1.20 bits per heavy atom. The van der Waals surface area contributed by atoms with Crippen molar-refractivity contribution in [2.45, 2.75) is 25.2 Å². The summed E-state index contributed by atoms with van der Waals surface area (Å²) in [6.07, 6.45) is 2.40. The lowest BCUT2D eigenvalue weighted by molar-refractivity contribution is -0.118. The second-order valence-electron chi connectivity index (χ2n) is 4.40. The molecule has 1 rings (SSSR count). The van der Waals surface area contributed by atoms with Gasteiger partial charge in [-0.25, -0.2) is 0 Å². The molecule has 0 atom stereocenters. The molecule has 0 aromatic carbocycles. The molecule has 0 aromatic rings. The lowest BCUT2D eigenvalue weighted by Crippen LogP contribution is -2.45. The lowest BCUT2D eigenvalue weighted by Gasteiger charge is -2.36. The zero-order valence-corrected chi connectivity index (χ0v) is 10.4. The van der Waals surface area contributed by atoms with Gasteiger partial charge in [-0.2, -0.15) is 0 Å². The first-order chi connectivity index (χ1) is 7.17. The summed E-state index contributed by atoms with van der Waals surface area (Å²) in [5.41, 5.74) is 0. The number of methoxy groups -OCH3 is 2. The van der Waals surface area contributed by atoms with Crippen LogP contribution in [0.5, 0.6) is 0 Å². The Morgan fingerprint density at radius 3 is 2.13 bits per heavy atom. The van der Waals surface area contributed by atoms with Gasteiger partial charge in [0.15, 0.2) is 6.29 Å². The van der Waals surface area contributed by atoms with Crippen LogP contribution in [0.25, 0.3) is 0 Å². The molecule has 4 nitrogen and oxygen atoms in total. The Kier molecular flexibility index (Phi) is 5.53. The average molecular weight is 216 g/mol. The maximum absolute atomic E-state index is 5.20. The third-order valence-electron chi connectivity index (χ3n) is 3.22. The Hall–Kier alpha value is -0.160. The van der Waals surface area contributed by atoms with Crippen molar-refractivity contribution in [1.82, 2.24) is 9.80 Å². The first-order valence-electron chi connectivity index (χ1n) is 5.61. The lowest BCUT2D eigenvalue weighted by atomic mass is 10.0. The highest BCUT2D eigenvalue weighted by Crippen LogP contribution is 2.14. The minimum Gasteiger partial charge on any atom is -0.355 e. The van der Waals surface area contributed by atoms with Gasteiger partial charge in [-0.1, -0.05) is 0 Å². The molecule has 0 unspecified atom stereocenters. The first-order valence-corrected chi connectivity index (χ1v) is 5.61. The van der Waals surface area contributed by atoms with Crippen LogP contribution in [0.4, 0.5) is 0 Å². The van der Waals surface area contributed by atoms with E-state index < -0.39 is 0 Å². The van der Waals surface area contributed by atoms with Crippen molar-refractivity contribution in [3.63, 3.8) is 0 Å². The Bertz CT molecular complexity index is 164. The van der Waals surface area contributed by atoms with Gasteiger partial charge in [0, 0.05) is 26.8 Å². The largest absolute Gasteiger partial charge is 0.355 e. The summed E-state index contributed by atoms with van der Waals surface area (Å²) in [6, 6.07) is 0.741. The molecule has 0 spiro atoms. The molecule has 0 saturated carbocycles. The van der Waals surface area contributed by atoms with Crippen LogP contribution in [0.2, 0.25) is 0 Å². The van der Waals surface area contributed by atoms with Crippen molar-refractivity contribution >= 4 is 0 Å². The zero-order chi connectivity index (χ0) is 11.3. The van der Waals surface area contributed by atoms with E-state index in [-0.39, 0.29) is 6.29 Å². The minimum atomic E-state index is -0.0825. The summed E-state index contributed by atoms with van der Waals surface area (Å²) in [6.45, 7) is 3.17. The molecule has 90 valence electrons. The standard InChI is InChI=1S/C11H24N2O2/c1-12(2)10-5-7-13(8-6-10)9-11(14-3)15-4/h10-11H,5-9H2,1-4H3. The normalized spacial score (nSPS) is 20.4. The molecule has 0 aliphatic carbocycles. The Labute approximate surface area is 93.1 Å². The van der Waals surface area contributed by atoms with Gasteiger partial charge in [-0.15, -0.1) is 0 Å². The van der Waals surface area contributed by atoms with Crippen LogP contribution in [0.3, 0.4) is 0 Å². The Balaban J connectivity index is 2.25. The van der Waals surface area contributed by atoms with Crippen molar-refractivity contribution in [1.29, 1.82) is 0 Å². The van der Waals surface area contributed by atoms with Gasteiger partial charge in [-0.3, -0.25) is 4.90 Å². The summed E-state index contributed by atoms with van der Waals surface area (Å²) in [5, 5.41) is 0. The molecule has 1 fully saturated rings. The van der Waals surface area contributed by atoms with E-state index >= 15 is 0 Å². The monoisotopic (exact) mass is 216 g/mol. The molecule has 0 amide bonds. The van der Waals surface area contributed by atoms with E-state index in [9.17, 15) is 0 Å². The molecule has 15 heavy (non-hydrogen) atoms. The number of ether oxygens (including phenoxy) is 2. The smallest absolute Gasteiger partial charge is 0.169 e. The van der Waals surface area contributed by atoms with Crippen molar-refractivity contribution in [2.75, 3.05) is 47.9 Å². The van der Waals surface area contributed by atoms with E-state index in [1.807, 2.05) is 0 Å². The maximum Gasteiger partial charge on any atom is 0.169 e. The predicted molar refractivity (Wildman–Crippen MR) is 61.0 cm³/mol. The van der Waals surface area contributed by atoms with E-state index in [1.54, 1.807) is 14.2 Å². The van der Waals surface area contributed by atoms with Crippen LogP contribution >= 0.6 is 0 Å². The molecule has 0 radical (unpaired) electrons. The Morgan fingerprint density at radius 2 is 1.73 bits per heavy atom. The SMILES string of the molecule is COC(CN1CCC(N(C)C)CC1)OC. The molecule has 4 heteroatoms. The highest BCUT2D eigenvalue weighted by Gasteiger charge is 2.22. The summed E-state index contributed by atoms with van der Waals surface area (Å²) >= 11 is 0. The molecule has 0 N–H and O–H groups in total. The van der Waals surface area contributed by atoms with Gasteiger partial charge in [0.1, 0.15) is 0 Å². The topological polar surface area (TPSA) is 24.9 Å². The maximum atomic E-state index is 5.20. The molecule has 0 bridgehead atoms. The fourth-order valence-electron chi connectivity index (χ4n) is 2.07. The van der Waals surface area contributed by atoms with Crippen molar-refractivity contribution < 1.29 is 9.47 Å². The third-order valence-corrected chi connectivity index (χ3v) is 3.22. The fourth-order valence-corrected chi connectivity index (χ4v) is 2.07. The molecule has 1 aliphatic heterocycles. The third kappa shape index (κ3) is 4.07.